The third-order valence-electron chi connectivity index (χ3n) is 3.79. The average Bonchev–Trinajstić information content (AvgIpc) is 2.51. The molecule has 0 aliphatic rings. The fourth-order valence-corrected chi connectivity index (χ4v) is 2.41. The van der Waals surface area contributed by atoms with Crippen LogP contribution in [0.4, 0.5) is 0 Å². The number of nitroso groups, excluding NO2 is 1. The third kappa shape index (κ3) is 15.2. The van der Waals surface area contributed by atoms with Gasteiger partial charge in [0.1, 0.15) is 12.3 Å². The largest absolute Gasteiger partial charge is 0.303 e. The zero-order valence-corrected chi connectivity index (χ0v) is 13.8. The predicted molar refractivity (Wildman–Crippen MR) is 90.5 cm³/mol. The lowest BCUT2D eigenvalue weighted by Crippen LogP contribution is -1.98. The molecule has 0 bridgehead atoms. The van der Waals surface area contributed by atoms with Crippen LogP contribution >= 0.6 is 0 Å². The van der Waals surface area contributed by atoms with Crippen molar-refractivity contribution >= 4 is 6.29 Å². The molecule has 21 heavy (non-hydrogen) atoms. The molecule has 3 heteroatoms. The van der Waals surface area contributed by atoms with Crippen LogP contribution in [-0.2, 0) is 4.79 Å². The number of carbonyl (C=O) groups excluding carboxylic acids is 1. The van der Waals surface area contributed by atoms with Crippen LogP contribution in [0.15, 0.2) is 17.3 Å². The van der Waals surface area contributed by atoms with Crippen LogP contribution in [0.1, 0.15) is 90.4 Å². The highest BCUT2D eigenvalue weighted by molar-refractivity contribution is 5.48. The average molecular weight is 295 g/mol. The maximum atomic E-state index is 10.8. The van der Waals surface area contributed by atoms with Crippen molar-refractivity contribution in [3.63, 3.8) is 0 Å². The Bertz CT molecular complexity index is 264. The second-order valence-corrected chi connectivity index (χ2v) is 5.82. The molecule has 0 aliphatic carbocycles. The van der Waals surface area contributed by atoms with Crippen molar-refractivity contribution in [3.8, 4) is 0 Å². The fourth-order valence-electron chi connectivity index (χ4n) is 2.41. The molecule has 3 nitrogen and oxygen atoms in total. The van der Waals surface area contributed by atoms with Crippen LogP contribution in [0.2, 0.25) is 0 Å². The highest BCUT2D eigenvalue weighted by Crippen LogP contribution is 2.12. The van der Waals surface area contributed by atoms with E-state index in [0.29, 0.717) is 6.42 Å². The van der Waals surface area contributed by atoms with E-state index in [1.165, 1.54) is 32.1 Å². The summed E-state index contributed by atoms with van der Waals surface area (Å²) >= 11 is 0. The molecule has 0 aromatic rings. The second-order valence-electron chi connectivity index (χ2n) is 5.82. The first-order chi connectivity index (χ1) is 10.3. The molecule has 0 fully saturated rings. The van der Waals surface area contributed by atoms with E-state index in [-0.39, 0.29) is 6.04 Å². The highest BCUT2D eigenvalue weighted by Gasteiger charge is 2.03. The van der Waals surface area contributed by atoms with Crippen molar-refractivity contribution in [2.24, 2.45) is 5.18 Å². The van der Waals surface area contributed by atoms with Gasteiger partial charge in [-0.1, -0.05) is 75.6 Å². The number of hydrogen-bond donors (Lipinski definition) is 0. The minimum atomic E-state index is -0.133. The van der Waals surface area contributed by atoms with Crippen LogP contribution in [0.3, 0.4) is 0 Å². The quantitative estimate of drug-likeness (QED) is 0.152. The lowest BCUT2D eigenvalue weighted by atomic mass is 10.0. The van der Waals surface area contributed by atoms with Crippen molar-refractivity contribution in [2.45, 2.75) is 96.4 Å². The molecule has 1 unspecified atom stereocenters. The monoisotopic (exact) mass is 295 g/mol. The van der Waals surface area contributed by atoms with Crippen LogP contribution in [-0.4, -0.2) is 12.3 Å². The fraction of sp³-hybridized carbons (Fsp3) is 0.833. The SMILES string of the molecule is CCCCCCCCC(/C=C\CCCCCCC=O)N=O. The summed E-state index contributed by atoms with van der Waals surface area (Å²) in [5.74, 6) is 0. The standard InChI is InChI=1S/C18H33NO2/c1-2-3-4-5-9-12-15-18(19-21)16-13-10-7-6-8-11-14-17-20/h13,16-18H,2-12,14-15H2,1H3/b16-13-. The maximum absolute atomic E-state index is 10.8. The van der Waals surface area contributed by atoms with E-state index >= 15 is 0 Å². The summed E-state index contributed by atoms with van der Waals surface area (Å²) in [7, 11) is 0. The molecule has 0 radical (unpaired) electrons. The number of rotatable bonds is 16. The first-order valence-corrected chi connectivity index (χ1v) is 8.77. The number of hydrogen-bond acceptors (Lipinski definition) is 3. The molecule has 0 aliphatic heterocycles. The first kappa shape index (κ1) is 20.0. The topological polar surface area (TPSA) is 46.5 Å². The van der Waals surface area contributed by atoms with Gasteiger partial charge < -0.3 is 4.79 Å². The summed E-state index contributed by atoms with van der Waals surface area (Å²) in [4.78, 5) is 20.9. The molecule has 122 valence electrons. The minimum Gasteiger partial charge on any atom is -0.303 e. The molecule has 0 aromatic heterocycles. The van der Waals surface area contributed by atoms with Crippen LogP contribution in [0, 0.1) is 4.91 Å². The molecule has 0 spiro atoms. The van der Waals surface area contributed by atoms with Gasteiger partial charge in [-0.3, -0.25) is 0 Å². The third-order valence-corrected chi connectivity index (χ3v) is 3.79. The van der Waals surface area contributed by atoms with E-state index in [1.807, 2.05) is 6.08 Å². The number of aldehydes is 1. The summed E-state index contributed by atoms with van der Waals surface area (Å²) in [6.07, 6.45) is 19.6. The van der Waals surface area contributed by atoms with E-state index in [1.54, 1.807) is 0 Å². The Balaban J connectivity index is 3.47. The summed E-state index contributed by atoms with van der Waals surface area (Å²) < 4.78 is 0. The second kappa shape index (κ2) is 17.1. The number of unbranched alkanes of at least 4 members (excludes halogenated alkanes) is 10. The van der Waals surface area contributed by atoms with Gasteiger partial charge in [0, 0.05) is 6.42 Å². The van der Waals surface area contributed by atoms with Gasteiger partial charge in [-0.2, -0.15) is 4.91 Å². The Morgan fingerprint density at radius 2 is 1.48 bits per heavy atom. The van der Waals surface area contributed by atoms with Gasteiger partial charge in [0.15, 0.2) is 0 Å². The molecule has 0 amide bonds. The molecule has 0 saturated carbocycles. The molecule has 0 N–H and O–H groups in total. The normalized spacial score (nSPS) is 12.6. The molecule has 0 saturated heterocycles. The highest BCUT2D eigenvalue weighted by atomic mass is 16.3. The van der Waals surface area contributed by atoms with Crippen LogP contribution in [0.25, 0.3) is 0 Å². The molecule has 1 atom stereocenters. The van der Waals surface area contributed by atoms with E-state index < -0.39 is 0 Å². The van der Waals surface area contributed by atoms with Gasteiger partial charge in [-0.25, -0.2) is 0 Å². The Labute approximate surface area is 130 Å². The van der Waals surface area contributed by atoms with Gasteiger partial charge in [0.25, 0.3) is 0 Å². The number of allylic oxidation sites excluding steroid dienone is 1. The summed E-state index contributed by atoms with van der Waals surface area (Å²) in [5, 5.41) is 3.20. The zero-order valence-electron chi connectivity index (χ0n) is 13.8. The predicted octanol–water partition coefficient (Wildman–Crippen LogP) is 5.97. The van der Waals surface area contributed by atoms with Crippen molar-refractivity contribution in [1.82, 2.24) is 0 Å². The maximum Gasteiger partial charge on any atom is 0.119 e. The van der Waals surface area contributed by atoms with Crippen molar-refractivity contribution < 1.29 is 4.79 Å². The van der Waals surface area contributed by atoms with Crippen LogP contribution < -0.4 is 0 Å². The lowest BCUT2D eigenvalue weighted by molar-refractivity contribution is -0.107. The Hall–Kier alpha value is -0.990. The molecule has 0 aromatic carbocycles. The van der Waals surface area contributed by atoms with Crippen molar-refractivity contribution in [1.29, 1.82) is 0 Å². The van der Waals surface area contributed by atoms with Crippen molar-refractivity contribution in [3.05, 3.63) is 17.1 Å². The Morgan fingerprint density at radius 1 is 0.857 bits per heavy atom. The summed E-state index contributed by atoms with van der Waals surface area (Å²) in [5.41, 5.74) is 0. The molecule has 0 heterocycles. The summed E-state index contributed by atoms with van der Waals surface area (Å²) in [6.45, 7) is 2.22. The zero-order chi connectivity index (χ0) is 15.6. The Morgan fingerprint density at radius 3 is 2.14 bits per heavy atom. The van der Waals surface area contributed by atoms with Gasteiger partial charge in [-0.05, 0) is 25.7 Å². The van der Waals surface area contributed by atoms with E-state index in [0.717, 1.165) is 51.2 Å². The van der Waals surface area contributed by atoms with Gasteiger partial charge in [0.2, 0.25) is 0 Å². The number of carbonyl (C=O) groups is 1. The van der Waals surface area contributed by atoms with E-state index in [9.17, 15) is 9.70 Å². The van der Waals surface area contributed by atoms with Gasteiger partial charge in [-0.15, -0.1) is 0 Å². The molecule has 0 rings (SSSR count). The first-order valence-electron chi connectivity index (χ1n) is 8.77. The summed E-state index contributed by atoms with van der Waals surface area (Å²) in [6, 6.07) is -0.133. The van der Waals surface area contributed by atoms with Crippen molar-refractivity contribution in [2.75, 3.05) is 0 Å². The minimum absolute atomic E-state index is 0.133. The van der Waals surface area contributed by atoms with E-state index in [2.05, 4.69) is 18.2 Å². The van der Waals surface area contributed by atoms with Gasteiger partial charge >= 0.3 is 0 Å². The lowest BCUT2D eigenvalue weighted by Gasteiger charge is -2.04. The smallest absolute Gasteiger partial charge is 0.119 e. The molecular formula is C18H33NO2. The Kier molecular flexibility index (Phi) is 16.3. The molecular weight excluding hydrogens is 262 g/mol. The number of nitrogens with zero attached hydrogens (tertiary/aromatic N) is 1. The van der Waals surface area contributed by atoms with Crippen LogP contribution in [0.5, 0.6) is 0 Å². The van der Waals surface area contributed by atoms with Gasteiger partial charge in [0.05, 0.1) is 0 Å². The van der Waals surface area contributed by atoms with E-state index in [4.69, 9.17) is 0 Å².